The molecular formula is C19H22ClN5O3. The van der Waals surface area contributed by atoms with Gasteiger partial charge in [0.15, 0.2) is 5.65 Å². The molecule has 0 saturated heterocycles. The van der Waals surface area contributed by atoms with Gasteiger partial charge in [-0.1, -0.05) is 11.6 Å². The molecule has 0 aliphatic heterocycles. The average Bonchev–Trinajstić information content (AvgIpc) is 3.07. The zero-order chi connectivity index (χ0) is 20.5. The van der Waals surface area contributed by atoms with E-state index in [1.54, 1.807) is 22.9 Å². The van der Waals surface area contributed by atoms with Crippen molar-refractivity contribution in [2.24, 2.45) is 0 Å². The third-order valence-electron chi connectivity index (χ3n) is 4.21. The van der Waals surface area contributed by atoms with Crippen molar-refractivity contribution in [3.63, 3.8) is 0 Å². The summed E-state index contributed by atoms with van der Waals surface area (Å²) in [6.07, 6.45) is 3.06. The van der Waals surface area contributed by atoms with Gasteiger partial charge < -0.3 is 10.1 Å². The molecule has 0 saturated carbocycles. The van der Waals surface area contributed by atoms with Gasteiger partial charge in [-0.15, -0.1) is 0 Å². The smallest absolute Gasteiger partial charge is 0.264 e. The minimum absolute atomic E-state index is 0.0934. The Kier molecular flexibility index (Phi) is 5.42. The first-order valence-corrected chi connectivity index (χ1v) is 9.15. The number of ether oxygens (including phenoxy) is 1. The molecule has 0 unspecified atom stereocenters. The molecule has 1 N–H and O–H groups in total. The van der Waals surface area contributed by atoms with Gasteiger partial charge in [-0.05, 0) is 39.0 Å². The molecule has 148 valence electrons. The molecule has 1 aromatic carbocycles. The highest BCUT2D eigenvalue weighted by Crippen LogP contribution is 2.27. The van der Waals surface area contributed by atoms with E-state index >= 15 is 0 Å². The van der Waals surface area contributed by atoms with Gasteiger partial charge in [0.05, 0.1) is 30.9 Å². The van der Waals surface area contributed by atoms with Crippen molar-refractivity contribution in [1.82, 2.24) is 19.3 Å². The molecular weight excluding hydrogens is 382 g/mol. The second kappa shape index (κ2) is 7.63. The summed E-state index contributed by atoms with van der Waals surface area (Å²) < 4.78 is 8.34. The Morgan fingerprint density at radius 1 is 1.32 bits per heavy atom. The number of nitrogens with zero attached hydrogens (tertiary/aromatic N) is 4. The topological polar surface area (TPSA) is 91.0 Å². The fourth-order valence-electron chi connectivity index (χ4n) is 2.81. The molecule has 8 nitrogen and oxygen atoms in total. The van der Waals surface area contributed by atoms with Gasteiger partial charge in [-0.25, -0.2) is 9.67 Å². The quantitative estimate of drug-likeness (QED) is 0.707. The lowest BCUT2D eigenvalue weighted by Crippen LogP contribution is -2.26. The van der Waals surface area contributed by atoms with Gasteiger partial charge in [0.2, 0.25) is 5.91 Å². The van der Waals surface area contributed by atoms with Crippen LogP contribution in [0, 0.1) is 0 Å². The van der Waals surface area contributed by atoms with Crippen molar-refractivity contribution in [3.8, 4) is 5.75 Å². The van der Waals surface area contributed by atoms with Crippen LogP contribution in [-0.4, -0.2) is 32.3 Å². The molecule has 2 aromatic heterocycles. The van der Waals surface area contributed by atoms with E-state index in [0.29, 0.717) is 27.5 Å². The highest BCUT2D eigenvalue weighted by molar-refractivity contribution is 6.31. The number of nitrogens with one attached hydrogen (secondary N) is 1. The van der Waals surface area contributed by atoms with Gasteiger partial charge >= 0.3 is 0 Å². The van der Waals surface area contributed by atoms with Crippen LogP contribution in [-0.2, 0) is 16.9 Å². The molecule has 0 aliphatic rings. The van der Waals surface area contributed by atoms with E-state index in [4.69, 9.17) is 16.3 Å². The van der Waals surface area contributed by atoms with E-state index in [-0.39, 0.29) is 30.0 Å². The third kappa shape index (κ3) is 4.01. The number of methoxy groups -OCH3 is 1. The van der Waals surface area contributed by atoms with Gasteiger partial charge in [-0.2, -0.15) is 5.10 Å². The van der Waals surface area contributed by atoms with Crippen LogP contribution in [0.5, 0.6) is 5.75 Å². The van der Waals surface area contributed by atoms with Crippen LogP contribution in [0.2, 0.25) is 5.02 Å². The summed E-state index contributed by atoms with van der Waals surface area (Å²) in [4.78, 5) is 29.4. The lowest BCUT2D eigenvalue weighted by molar-refractivity contribution is -0.116. The highest BCUT2D eigenvalue weighted by Gasteiger charge is 2.20. The first-order valence-electron chi connectivity index (χ1n) is 8.78. The van der Waals surface area contributed by atoms with Gasteiger partial charge in [0.1, 0.15) is 11.1 Å². The lowest BCUT2D eigenvalue weighted by atomic mass is 10.1. The molecule has 1 amide bonds. The Morgan fingerprint density at radius 3 is 2.75 bits per heavy atom. The second-order valence-electron chi connectivity index (χ2n) is 7.35. The number of fused-ring (bicyclic) bond motifs is 1. The Bertz CT molecular complexity index is 1080. The second-order valence-corrected chi connectivity index (χ2v) is 7.79. The van der Waals surface area contributed by atoms with Crippen LogP contribution in [0.1, 0.15) is 27.2 Å². The molecule has 0 aliphatic carbocycles. The first kappa shape index (κ1) is 19.9. The number of aromatic nitrogens is 4. The summed E-state index contributed by atoms with van der Waals surface area (Å²) in [6.45, 7) is 6.15. The fraction of sp³-hybridized carbons (Fsp3) is 0.368. The number of halogens is 1. The zero-order valence-corrected chi connectivity index (χ0v) is 16.9. The predicted octanol–water partition coefficient (Wildman–Crippen LogP) is 3.04. The van der Waals surface area contributed by atoms with Crippen LogP contribution >= 0.6 is 11.6 Å². The van der Waals surface area contributed by atoms with Crippen molar-refractivity contribution >= 4 is 34.2 Å². The van der Waals surface area contributed by atoms with E-state index in [9.17, 15) is 9.59 Å². The summed E-state index contributed by atoms with van der Waals surface area (Å²) >= 11 is 5.97. The minimum Gasteiger partial charge on any atom is -0.495 e. The van der Waals surface area contributed by atoms with Crippen molar-refractivity contribution in [3.05, 3.63) is 46.1 Å². The average molecular weight is 404 g/mol. The SMILES string of the molecule is COc1ccc(Cl)cc1NC(=O)CCn1cnc2c(cnn2C(C)(C)C)c1=O. The van der Waals surface area contributed by atoms with Crippen LogP contribution in [0.3, 0.4) is 0 Å². The summed E-state index contributed by atoms with van der Waals surface area (Å²) in [5, 5.41) is 7.94. The minimum atomic E-state index is -0.288. The van der Waals surface area contributed by atoms with Gasteiger partial charge in [0.25, 0.3) is 5.56 Å². The first-order chi connectivity index (χ1) is 13.2. The molecule has 0 bridgehead atoms. The maximum absolute atomic E-state index is 12.7. The molecule has 3 aromatic rings. The van der Waals surface area contributed by atoms with Gasteiger partial charge in [0, 0.05) is 18.0 Å². The number of hydrogen-bond acceptors (Lipinski definition) is 5. The number of rotatable bonds is 5. The molecule has 0 spiro atoms. The Morgan fingerprint density at radius 2 is 2.07 bits per heavy atom. The molecule has 3 rings (SSSR count). The van der Waals surface area contributed by atoms with Crippen LogP contribution in [0.25, 0.3) is 11.0 Å². The number of amides is 1. The summed E-state index contributed by atoms with van der Waals surface area (Å²) in [5.41, 5.74) is 0.492. The van der Waals surface area contributed by atoms with E-state index in [1.165, 1.54) is 24.2 Å². The number of carbonyl (C=O) groups excluding carboxylic acids is 1. The third-order valence-corrected chi connectivity index (χ3v) is 4.44. The van der Waals surface area contributed by atoms with E-state index in [2.05, 4.69) is 15.4 Å². The van der Waals surface area contributed by atoms with Crippen LogP contribution in [0.15, 0.2) is 35.5 Å². The van der Waals surface area contributed by atoms with E-state index in [1.807, 2.05) is 20.8 Å². The monoisotopic (exact) mass is 403 g/mol. The van der Waals surface area contributed by atoms with Crippen LogP contribution in [0.4, 0.5) is 5.69 Å². The number of hydrogen-bond donors (Lipinski definition) is 1. The number of aryl methyl sites for hydroxylation is 1. The summed E-state index contributed by atoms with van der Waals surface area (Å²) in [7, 11) is 1.51. The predicted molar refractivity (Wildman–Crippen MR) is 108 cm³/mol. The van der Waals surface area contributed by atoms with Crippen molar-refractivity contribution in [2.75, 3.05) is 12.4 Å². The standard InChI is InChI=1S/C19H22ClN5O3/c1-19(2,3)25-17-13(10-22-25)18(27)24(11-21-17)8-7-16(26)23-14-9-12(20)5-6-15(14)28-4/h5-6,9-11H,7-8H2,1-4H3,(H,23,26). The van der Waals surface area contributed by atoms with Gasteiger partial charge in [-0.3, -0.25) is 14.2 Å². The number of carbonyl (C=O) groups is 1. The summed E-state index contributed by atoms with van der Waals surface area (Å²) in [5.74, 6) is 0.241. The Hall–Kier alpha value is -2.87. The van der Waals surface area contributed by atoms with Crippen molar-refractivity contribution in [2.45, 2.75) is 39.3 Å². The molecule has 2 heterocycles. The van der Waals surface area contributed by atoms with Crippen LogP contribution < -0.4 is 15.6 Å². The molecule has 0 fully saturated rings. The molecule has 9 heteroatoms. The van der Waals surface area contributed by atoms with Crippen molar-refractivity contribution < 1.29 is 9.53 Å². The molecule has 0 atom stereocenters. The number of anilines is 1. The maximum atomic E-state index is 12.7. The van der Waals surface area contributed by atoms with E-state index in [0.717, 1.165) is 0 Å². The zero-order valence-electron chi connectivity index (χ0n) is 16.2. The lowest BCUT2D eigenvalue weighted by Gasteiger charge is -2.19. The summed E-state index contributed by atoms with van der Waals surface area (Å²) in [6, 6.07) is 4.96. The normalized spacial score (nSPS) is 11.6. The largest absolute Gasteiger partial charge is 0.495 e. The molecule has 28 heavy (non-hydrogen) atoms. The Balaban J connectivity index is 1.75. The maximum Gasteiger partial charge on any atom is 0.264 e. The van der Waals surface area contributed by atoms with Crippen molar-refractivity contribution in [1.29, 1.82) is 0 Å². The number of benzene rings is 1. The highest BCUT2D eigenvalue weighted by atomic mass is 35.5. The molecule has 0 radical (unpaired) electrons. The Labute approximate surface area is 167 Å². The fourth-order valence-corrected chi connectivity index (χ4v) is 2.98. The van der Waals surface area contributed by atoms with E-state index < -0.39 is 0 Å².